The molecule has 5 rings (SSSR count). The lowest BCUT2D eigenvalue weighted by Crippen LogP contribution is -2.23. The number of hydrogen-bond acceptors (Lipinski definition) is 4. The fourth-order valence-corrected chi connectivity index (χ4v) is 4.40. The summed E-state index contributed by atoms with van der Waals surface area (Å²) in [4.78, 5) is 15.2. The van der Waals surface area contributed by atoms with Crippen LogP contribution in [0.25, 0.3) is 11.8 Å². The minimum absolute atomic E-state index is 0.0845. The zero-order chi connectivity index (χ0) is 21.4. The molecule has 0 fully saturated rings. The maximum atomic E-state index is 13.7. The highest BCUT2D eigenvalue weighted by atomic mass is 19.1. The van der Waals surface area contributed by atoms with E-state index in [1.165, 1.54) is 30.4 Å². The van der Waals surface area contributed by atoms with Crippen molar-refractivity contribution in [3.05, 3.63) is 87.5 Å². The molecule has 0 saturated heterocycles. The van der Waals surface area contributed by atoms with Gasteiger partial charge in [-0.15, -0.1) is 0 Å². The Morgan fingerprint density at radius 2 is 2.19 bits per heavy atom. The normalized spacial score (nSPS) is 17.0. The average molecular weight is 419 g/mol. The van der Waals surface area contributed by atoms with Gasteiger partial charge in [0.25, 0.3) is 5.95 Å². The van der Waals surface area contributed by atoms with Crippen LogP contribution in [0, 0.1) is 5.82 Å². The Labute approximate surface area is 178 Å². The number of carbonyl (C=O) groups is 1. The Balaban J connectivity index is 1.55. The number of furan rings is 1. The molecule has 2 aromatic heterocycles. The van der Waals surface area contributed by atoms with Crippen molar-refractivity contribution in [1.29, 1.82) is 0 Å². The molecule has 0 amide bonds. The van der Waals surface area contributed by atoms with E-state index in [1.807, 2.05) is 12.1 Å². The monoisotopic (exact) mass is 419 g/mol. The van der Waals surface area contributed by atoms with Crippen LogP contribution in [0.1, 0.15) is 46.0 Å². The zero-order valence-corrected chi connectivity index (χ0v) is 17.1. The van der Waals surface area contributed by atoms with Gasteiger partial charge in [-0.25, -0.2) is 9.18 Å². The number of hydrogen-bond donors (Lipinski definition) is 1. The molecule has 0 spiro atoms. The summed E-state index contributed by atoms with van der Waals surface area (Å²) in [7, 11) is 1.30. The molecule has 1 atom stereocenters. The van der Waals surface area contributed by atoms with Crippen LogP contribution in [-0.2, 0) is 17.6 Å². The first-order chi connectivity index (χ1) is 15.1. The summed E-state index contributed by atoms with van der Waals surface area (Å²) >= 11 is 0. The molecule has 0 aliphatic heterocycles. The van der Waals surface area contributed by atoms with Crippen LogP contribution in [0.4, 0.5) is 4.39 Å². The number of carbonyl (C=O) groups excluding carboxylic acids is 1. The summed E-state index contributed by atoms with van der Waals surface area (Å²) in [5.41, 5.74) is 3.43. The standard InChI is InChI=1S/C25H22FNO4/c1-29-25(28)21-11-12-22(31-21)30-20-10-9-16(13-15-5-4-6-17(26)14-15)23-18-7-2-3-8-19(18)27-24(20)23/h4-6,8-12,14,16,27H,2-3,7,13H2,1H3. The van der Waals surface area contributed by atoms with Gasteiger partial charge in [0.15, 0.2) is 5.76 Å². The van der Waals surface area contributed by atoms with Crippen LogP contribution >= 0.6 is 0 Å². The van der Waals surface area contributed by atoms with Crippen molar-refractivity contribution in [2.24, 2.45) is 0 Å². The van der Waals surface area contributed by atoms with Gasteiger partial charge in [-0.3, -0.25) is 0 Å². The first kappa shape index (κ1) is 19.4. The number of halogens is 1. The summed E-state index contributed by atoms with van der Waals surface area (Å²) in [5, 5.41) is 2.03. The number of nitrogens with one attached hydrogen (secondary N) is 1. The first-order valence-corrected chi connectivity index (χ1v) is 10.4. The van der Waals surface area contributed by atoms with Crippen LogP contribution in [0.15, 0.2) is 53.0 Å². The van der Waals surface area contributed by atoms with E-state index in [4.69, 9.17) is 9.15 Å². The van der Waals surface area contributed by atoms with Gasteiger partial charge < -0.3 is 18.9 Å². The molecule has 0 bridgehead atoms. The summed E-state index contributed by atoms with van der Waals surface area (Å²) < 4.78 is 29.9. The molecule has 2 aliphatic carbocycles. The van der Waals surface area contributed by atoms with E-state index in [-0.39, 0.29) is 23.4 Å². The number of esters is 1. The lowest BCUT2D eigenvalue weighted by molar-refractivity contribution is 0.0560. The van der Waals surface area contributed by atoms with Gasteiger partial charge in [-0.05, 0) is 66.6 Å². The first-order valence-electron chi connectivity index (χ1n) is 10.4. The summed E-state index contributed by atoms with van der Waals surface area (Å²) in [6.07, 6.45) is 10.0. The zero-order valence-electron chi connectivity index (χ0n) is 17.1. The second-order valence-electron chi connectivity index (χ2n) is 7.78. The quantitative estimate of drug-likeness (QED) is 0.640. The third kappa shape index (κ3) is 3.69. The number of aromatic nitrogens is 1. The number of benzene rings is 1. The second-order valence-corrected chi connectivity index (χ2v) is 7.78. The van der Waals surface area contributed by atoms with Gasteiger partial charge in [-0.1, -0.05) is 24.3 Å². The molecule has 1 N–H and O–H groups in total. The molecular weight excluding hydrogens is 397 g/mol. The Bertz CT molecular complexity index is 1300. The molecule has 2 aliphatic rings. The summed E-state index contributed by atoms with van der Waals surface area (Å²) in [5.74, 6) is 0.251. The fraction of sp³-hybridized carbons (Fsp3) is 0.240. The number of fused-ring (bicyclic) bond motifs is 3. The van der Waals surface area contributed by atoms with Gasteiger partial charge in [0.2, 0.25) is 5.76 Å². The van der Waals surface area contributed by atoms with Crippen LogP contribution in [0.2, 0.25) is 0 Å². The van der Waals surface area contributed by atoms with Gasteiger partial charge in [0.05, 0.1) is 12.5 Å². The van der Waals surface area contributed by atoms with Crippen LogP contribution in [0.5, 0.6) is 5.95 Å². The van der Waals surface area contributed by atoms with Gasteiger partial charge >= 0.3 is 5.97 Å². The third-order valence-corrected chi connectivity index (χ3v) is 5.78. The second kappa shape index (κ2) is 7.95. The molecule has 3 aromatic rings. The Morgan fingerprint density at radius 3 is 3.03 bits per heavy atom. The summed E-state index contributed by atoms with van der Waals surface area (Å²) in [6, 6.07) is 9.87. The van der Waals surface area contributed by atoms with Gasteiger partial charge in [0, 0.05) is 17.3 Å². The van der Waals surface area contributed by atoms with E-state index in [9.17, 15) is 9.18 Å². The molecule has 2 heterocycles. The molecular formula is C25H22FNO4. The van der Waals surface area contributed by atoms with E-state index in [0.717, 1.165) is 35.5 Å². The summed E-state index contributed by atoms with van der Waals surface area (Å²) in [6.45, 7) is 0. The van der Waals surface area contributed by atoms with Crippen LogP contribution < -0.4 is 15.4 Å². The van der Waals surface area contributed by atoms with Crippen molar-refractivity contribution in [2.45, 2.75) is 31.6 Å². The van der Waals surface area contributed by atoms with E-state index in [1.54, 1.807) is 18.2 Å². The van der Waals surface area contributed by atoms with Crippen molar-refractivity contribution in [2.75, 3.05) is 7.11 Å². The highest BCUT2D eigenvalue weighted by Gasteiger charge is 2.25. The lowest BCUT2D eigenvalue weighted by Gasteiger charge is -2.19. The maximum absolute atomic E-state index is 13.7. The number of rotatable bonds is 5. The maximum Gasteiger partial charge on any atom is 0.374 e. The lowest BCUT2D eigenvalue weighted by atomic mass is 9.85. The molecule has 0 saturated carbocycles. The van der Waals surface area contributed by atoms with E-state index in [0.29, 0.717) is 12.2 Å². The molecule has 0 radical (unpaired) electrons. The number of ether oxygens (including phenoxy) is 2. The number of methoxy groups -OCH3 is 1. The van der Waals surface area contributed by atoms with Crippen LogP contribution in [-0.4, -0.2) is 18.1 Å². The topological polar surface area (TPSA) is 64.5 Å². The third-order valence-electron chi connectivity index (χ3n) is 5.78. The smallest absolute Gasteiger partial charge is 0.374 e. The van der Waals surface area contributed by atoms with Crippen molar-refractivity contribution in [1.82, 2.24) is 4.98 Å². The van der Waals surface area contributed by atoms with Crippen LogP contribution in [0.3, 0.4) is 0 Å². The van der Waals surface area contributed by atoms with E-state index in [2.05, 4.69) is 21.9 Å². The predicted octanol–water partition coefficient (Wildman–Crippen LogP) is 3.73. The Kier molecular flexibility index (Phi) is 4.98. The number of allylic oxidation sites excluding steroid dienone is 1. The highest BCUT2D eigenvalue weighted by molar-refractivity contribution is 5.86. The van der Waals surface area contributed by atoms with Gasteiger partial charge in [-0.2, -0.15) is 0 Å². The number of H-pyrrole nitrogens is 1. The van der Waals surface area contributed by atoms with Crippen molar-refractivity contribution >= 4 is 17.8 Å². The molecule has 6 heteroatoms. The largest absolute Gasteiger partial charge is 0.463 e. The number of aromatic amines is 1. The molecule has 31 heavy (non-hydrogen) atoms. The van der Waals surface area contributed by atoms with Crippen molar-refractivity contribution in [3.63, 3.8) is 0 Å². The van der Waals surface area contributed by atoms with Crippen molar-refractivity contribution < 1.29 is 23.1 Å². The average Bonchev–Trinajstić information content (AvgIpc) is 3.40. The Morgan fingerprint density at radius 1 is 1.29 bits per heavy atom. The Hall–Kier alpha value is -3.54. The minimum Gasteiger partial charge on any atom is -0.463 e. The highest BCUT2D eigenvalue weighted by Crippen LogP contribution is 2.29. The molecule has 5 nitrogen and oxygen atoms in total. The van der Waals surface area contributed by atoms with Crippen molar-refractivity contribution in [3.8, 4) is 5.95 Å². The van der Waals surface area contributed by atoms with E-state index >= 15 is 0 Å². The minimum atomic E-state index is -0.556. The molecule has 1 unspecified atom stereocenters. The SMILES string of the molecule is COC(=O)c1ccc(OC2=c3[nH]c4c(c3C(Cc3cccc(F)c3)C=C2)CCCC=4)o1. The fourth-order valence-electron chi connectivity index (χ4n) is 4.40. The van der Waals surface area contributed by atoms with Gasteiger partial charge in [0.1, 0.15) is 5.82 Å². The molecule has 1 aromatic carbocycles. The predicted molar refractivity (Wildman–Crippen MR) is 114 cm³/mol. The molecule has 158 valence electrons. The van der Waals surface area contributed by atoms with E-state index < -0.39 is 5.97 Å².